The molecule has 2 unspecified atom stereocenters. The van der Waals surface area contributed by atoms with Gasteiger partial charge >= 0.3 is 5.97 Å². The summed E-state index contributed by atoms with van der Waals surface area (Å²) in [6, 6.07) is 0. The van der Waals surface area contributed by atoms with E-state index in [4.69, 9.17) is 13.6 Å². The second-order valence-electron chi connectivity index (χ2n) is 13.2. The highest BCUT2D eigenvalue weighted by molar-refractivity contribution is 6.74. The number of carbonyl (C=O) groups excluding carboxylic acids is 2. The molecule has 204 valence electrons. The Morgan fingerprint density at radius 2 is 1.29 bits per heavy atom. The molecule has 0 saturated carbocycles. The summed E-state index contributed by atoms with van der Waals surface area (Å²) in [4.78, 5) is 22.7. The molecule has 0 heterocycles. The maximum atomic E-state index is 11.4. The quantitative estimate of drug-likeness (QED) is 0.0755. The molecule has 0 bridgehead atoms. The summed E-state index contributed by atoms with van der Waals surface area (Å²) in [6.07, 6.45) is 8.78. The minimum absolute atomic E-state index is 0.0416. The lowest BCUT2D eigenvalue weighted by Gasteiger charge is -2.40. The van der Waals surface area contributed by atoms with E-state index in [0.717, 1.165) is 51.2 Å². The minimum Gasteiger partial charge on any atom is -0.469 e. The minimum atomic E-state index is -1.98. The lowest BCUT2D eigenvalue weighted by molar-refractivity contribution is -0.140. The van der Waals surface area contributed by atoms with Gasteiger partial charge in [0.1, 0.15) is 6.29 Å². The normalized spacial score (nSPS) is 19.9. The van der Waals surface area contributed by atoms with Crippen LogP contribution in [0.3, 0.4) is 0 Å². The van der Waals surface area contributed by atoms with E-state index in [2.05, 4.69) is 67.7 Å². The van der Waals surface area contributed by atoms with E-state index in [1.165, 1.54) is 18.3 Å². The van der Waals surface area contributed by atoms with Gasteiger partial charge in [-0.25, -0.2) is 0 Å². The number of methoxy groups -OCH3 is 1. The van der Waals surface area contributed by atoms with Crippen LogP contribution in [0.15, 0.2) is 11.1 Å². The summed E-state index contributed by atoms with van der Waals surface area (Å²) in [5, 5.41) is 0.258. The van der Waals surface area contributed by atoms with Gasteiger partial charge in [-0.2, -0.15) is 0 Å². The van der Waals surface area contributed by atoms with Crippen molar-refractivity contribution in [3.05, 3.63) is 11.1 Å². The van der Waals surface area contributed by atoms with Crippen molar-refractivity contribution in [3.63, 3.8) is 0 Å². The van der Waals surface area contributed by atoms with Crippen LogP contribution in [-0.2, 0) is 23.2 Å². The van der Waals surface area contributed by atoms with E-state index in [9.17, 15) is 9.59 Å². The number of hydrogen-bond acceptors (Lipinski definition) is 5. The molecule has 5 nitrogen and oxygen atoms in total. The largest absolute Gasteiger partial charge is 0.469 e. The molecule has 0 N–H and O–H groups in total. The molecule has 1 rings (SSSR count). The molecule has 0 radical (unpaired) electrons. The van der Waals surface area contributed by atoms with Crippen LogP contribution in [0.1, 0.15) is 99.3 Å². The number of ether oxygens (including phenoxy) is 1. The van der Waals surface area contributed by atoms with E-state index >= 15 is 0 Å². The van der Waals surface area contributed by atoms with E-state index in [1.54, 1.807) is 0 Å². The Morgan fingerprint density at radius 1 is 0.829 bits per heavy atom. The Morgan fingerprint density at radius 3 is 1.71 bits per heavy atom. The van der Waals surface area contributed by atoms with Gasteiger partial charge in [-0.3, -0.25) is 4.79 Å². The number of rotatable bonds is 14. The van der Waals surface area contributed by atoms with Crippen molar-refractivity contribution in [2.75, 3.05) is 7.11 Å². The standard InChI is InChI=1S/C28H54O5Si2/c1-27(2,3)34(8,9)32-24-21-25(33-35(10,11)28(4,5)6)23(18-16-20-29)22(24)17-14-12-13-15-19-26(30)31-7/h20,24-25H,12-19,21H2,1-11H3. The molecule has 0 saturated heterocycles. The first-order valence-electron chi connectivity index (χ1n) is 13.5. The van der Waals surface area contributed by atoms with Gasteiger partial charge < -0.3 is 18.4 Å². The van der Waals surface area contributed by atoms with Crippen LogP contribution in [-0.4, -0.2) is 48.2 Å². The maximum absolute atomic E-state index is 11.4. The van der Waals surface area contributed by atoms with Crippen molar-refractivity contribution in [2.24, 2.45) is 0 Å². The molecule has 0 aliphatic heterocycles. The summed E-state index contributed by atoms with van der Waals surface area (Å²) in [5.74, 6) is -0.131. The van der Waals surface area contributed by atoms with Crippen LogP contribution in [0, 0.1) is 0 Å². The lowest BCUT2D eigenvalue weighted by atomic mass is 9.99. The fraction of sp³-hybridized carbons (Fsp3) is 0.857. The molecule has 0 aromatic carbocycles. The molecular weight excluding hydrogens is 472 g/mol. The third-order valence-electron chi connectivity index (χ3n) is 8.44. The summed E-state index contributed by atoms with van der Waals surface area (Å²) in [7, 11) is -2.51. The van der Waals surface area contributed by atoms with Crippen LogP contribution in [0.2, 0.25) is 36.3 Å². The van der Waals surface area contributed by atoms with Crippen LogP contribution in [0.25, 0.3) is 0 Å². The third-order valence-corrected chi connectivity index (χ3v) is 17.4. The molecule has 1 aliphatic rings. The van der Waals surface area contributed by atoms with Crippen molar-refractivity contribution in [3.8, 4) is 0 Å². The van der Waals surface area contributed by atoms with Gasteiger partial charge in [0, 0.05) is 19.3 Å². The SMILES string of the molecule is COC(=O)CCCCCCC1=C(CCC=O)C(O[Si](C)(C)C(C)(C)C)CC1O[Si](C)(C)C(C)(C)C. The first-order chi connectivity index (χ1) is 16.0. The van der Waals surface area contributed by atoms with Crippen LogP contribution in [0.5, 0.6) is 0 Å². The lowest BCUT2D eigenvalue weighted by Crippen LogP contribution is -2.45. The molecule has 2 atom stereocenters. The zero-order valence-corrected chi connectivity index (χ0v) is 26.6. The van der Waals surface area contributed by atoms with Gasteiger partial charge in [-0.1, -0.05) is 54.4 Å². The van der Waals surface area contributed by atoms with Crippen molar-refractivity contribution in [1.82, 2.24) is 0 Å². The van der Waals surface area contributed by atoms with E-state index < -0.39 is 16.6 Å². The molecular formula is C28H54O5Si2. The topological polar surface area (TPSA) is 61.8 Å². The summed E-state index contributed by atoms with van der Waals surface area (Å²) >= 11 is 0. The molecule has 7 heteroatoms. The Bertz CT molecular complexity index is 729. The molecule has 0 amide bonds. The van der Waals surface area contributed by atoms with Crippen LogP contribution < -0.4 is 0 Å². The van der Waals surface area contributed by atoms with Gasteiger partial charge in [0.05, 0.1) is 19.3 Å². The first-order valence-corrected chi connectivity index (χ1v) is 19.4. The van der Waals surface area contributed by atoms with Crippen LogP contribution >= 0.6 is 0 Å². The van der Waals surface area contributed by atoms with Gasteiger partial charge in [-0.05, 0) is 73.1 Å². The number of esters is 1. The molecule has 0 spiro atoms. The molecule has 0 aromatic rings. The summed E-state index contributed by atoms with van der Waals surface area (Å²) < 4.78 is 18.7. The molecule has 0 aromatic heterocycles. The number of unbranched alkanes of at least 4 members (excludes halogenated alkanes) is 3. The van der Waals surface area contributed by atoms with Gasteiger partial charge in [0.15, 0.2) is 16.6 Å². The molecule has 0 fully saturated rings. The summed E-state index contributed by atoms with van der Waals surface area (Å²) in [5.41, 5.74) is 2.70. The highest BCUT2D eigenvalue weighted by Crippen LogP contribution is 2.46. The number of hydrogen-bond donors (Lipinski definition) is 0. The zero-order chi connectivity index (χ0) is 27.1. The Kier molecular flexibility index (Phi) is 12.1. The highest BCUT2D eigenvalue weighted by Gasteiger charge is 2.46. The fourth-order valence-corrected chi connectivity index (χ4v) is 6.70. The highest BCUT2D eigenvalue weighted by atomic mass is 28.4. The monoisotopic (exact) mass is 526 g/mol. The first kappa shape index (κ1) is 32.3. The summed E-state index contributed by atoms with van der Waals surface area (Å²) in [6.45, 7) is 23.0. The predicted octanol–water partition coefficient (Wildman–Crippen LogP) is 7.96. The zero-order valence-electron chi connectivity index (χ0n) is 24.6. The second kappa shape index (κ2) is 13.2. The predicted molar refractivity (Wildman–Crippen MR) is 151 cm³/mol. The fourth-order valence-electron chi connectivity index (χ4n) is 4.09. The van der Waals surface area contributed by atoms with Crippen LogP contribution in [0.4, 0.5) is 0 Å². The Labute approximate surface area is 218 Å². The van der Waals surface area contributed by atoms with E-state index in [1.807, 2.05) is 0 Å². The van der Waals surface area contributed by atoms with Gasteiger partial charge in [0.25, 0.3) is 0 Å². The van der Waals surface area contributed by atoms with Gasteiger partial charge in [-0.15, -0.1) is 0 Å². The Balaban J connectivity index is 3.15. The molecule has 35 heavy (non-hydrogen) atoms. The van der Waals surface area contributed by atoms with Crippen molar-refractivity contribution in [1.29, 1.82) is 0 Å². The average molecular weight is 527 g/mol. The van der Waals surface area contributed by atoms with E-state index in [-0.39, 0.29) is 28.3 Å². The van der Waals surface area contributed by atoms with Gasteiger partial charge in [0.2, 0.25) is 0 Å². The van der Waals surface area contributed by atoms with Crippen molar-refractivity contribution in [2.45, 2.75) is 148 Å². The van der Waals surface area contributed by atoms with Crippen molar-refractivity contribution >= 4 is 28.9 Å². The number of aldehydes is 1. The second-order valence-corrected chi connectivity index (χ2v) is 22.7. The smallest absolute Gasteiger partial charge is 0.305 e. The van der Waals surface area contributed by atoms with Crippen molar-refractivity contribution < 1.29 is 23.2 Å². The Hall–Kier alpha value is -0.766. The average Bonchev–Trinajstić information content (AvgIpc) is 3.01. The molecule has 1 aliphatic carbocycles. The number of carbonyl (C=O) groups is 2. The van der Waals surface area contributed by atoms with E-state index in [0.29, 0.717) is 12.8 Å². The maximum Gasteiger partial charge on any atom is 0.305 e. The third kappa shape index (κ3) is 9.56.